The topological polar surface area (TPSA) is 115 Å². The van der Waals surface area contributed by atoms with Crippen LogP contribution in [0.1, 0.15) is 15.9 Å². The molecule has 0 radical (unpaired) electrons. The van der Waals surface area contributed by atoms with Gasteiger partial charge < -0.3 is 25.6 Å². The van der Waals surface area contributed by atoms with Gasteiger partial charge in [0.1, 0.15) is 16.9 Å². The monoisotopic (exact) mass is 368 g/mol. The van der Waals surface area contributed by atoms with Gasteiger partial charge in [-0.05, 0) is 5.56 Å². The van der Waals surface area contributed by atoms with Gasteiger partial charge in [0.05, 0.1) is 5.70 Å². The van der Waals surface area contributed by atoms with Crippen LogP contribution in [-0.4, -0.2) is 46.9 Å². The standard InChI is InChI=1S/C19H20N4O4/c1-23(2)19(27)12-9-20-10-13(16(12)24)22-15-14(17(25)18(15)26)21-8-11-6-4-3-5-7-11/h3-7,9-10,17,21-22,25H,8H2,1-2H3,(H,20,24). The zero-order chi connectivity index (χ0) is 19.6. The van der Waals surface area contributed by atoms with Gasteiger partial charge in [-0.15, -0.1) is 0 Å². The van der Waals surface area contributed by atoms with Crippen molar-refractivity contribution in [3.63, 3.8) is 0 Å². The van der Waals surface area contributed by atoms with Crippen molar-refractivity contribution in [2.75, 3.05) is 19.4 Å². The van der Waals surface area contributed by atoms with Gasteiger partial charge in [-0.25, -0.2) is 0 Å². The van der Waals surface area contributed by atoms with Crippen molar-refractivity contribution in [2.24, 2.45) is 0 Å². The summed E-state index contributed by atoms with van der Waals surface area (Å²) in [7, 11) is 3.09. The molecule has 1 aliphatic rings. The Morgan fingerprint density at radius 1 is 1.19 bits per heavy atom. The molecule has 8 heteroatoms. The quantitative estimate of drug-likeness (QED) is 0.588. The maximum absolute atomic E-state index is 12.5. The summed E-state index contributed by atoms with van der Waals surface area (Å²) >= 11 is 0. The third kappa shape index (κ3) is 3.61. The number of aromatic nitrogens is 1. The summed E-state index contributed by atoms with van der Waals surface area (Å²) in [6.45, 7) is 0.418. The van der Waals surface area contributed by atoms with Crippen molar-refractivity contribution in [1.82, 2.24) is 15.2 Å². The molecule has 8 nitrogen and oxygen atoms in total. The van der Waals surface area contributed by atoms with Crippen LogP contribution < -0.4 is 16.1 Å². The Bertz CT molecular complexity index is 963. The average Bonchev–Trinajstić information content (AvgIpc) is 2.68. The number of rotatable bonds is 6. The highest BCUT2D eigenvalue weighted by Gasteiger charge is 2.38. The molecule has 2 aromatic rings. The molecule has 1 atom stereocenters. The first-order chi connectivity index (χ1) is 12.9. The molecule has 3 rings (SSSR count). The van der Waals surface area contributed by atoms with Crippen LogP contribution in [-0.2, 0) is 11.3 Å². The molecule has 1 unspecified atom stereocenters. The summed E-state index contributed by atoms with van der Waals surface area (Å²) in [6.07, 6.45) is 1.42. The summed E-state index contributed by atoms with van der Waals surface area (Å²) in [5.74, 6) is -0.967. The molecule has 1 amide bonds. The third-order valence-corrected chi connectivity index (χ3v) is 4.20. The van der Waals surface area contributed by atoms with Gasteiger partial charge >= 0.3 is 0 Å². The van der Waals surface area contributed by atoms with Crippen molar-refractivity contribution in [1.29, 1.82) is 0 Å². The number of nitrogens with zero attached hydrogens (tertiary/aromatic N) is 1. The molecule has 1 heterocycles. The fourth-order valence-corrected chi connectivity index (χ4v) is 2.68. The summed E-state index contributed by atoms with van der Waals surface area (Å²) < 4.78 is 0. The summed E-state index contributed by atoms with van der Waals surface area (Å²) in [4.78, 5) is 40.6. The minimum absolute atomic E-state index is 0.0447. The second-order valence-corrected chi connectivity index (χ2v) is 6.33. The number of aromatic amines is 1. The number of ketones is 1. The van der Waals surface area contributed by atoms with E-state index in [1.807, 2.05) is 30.3 Å². The molecule has 1 aromatic heterocycles. The minimum atomic E-state index is -1.26. The molecular weight excluding hydrogens is 348 g/mol. The van der Waals surface area contributed by atoms with Crippen molar-refractivity contribution >= 4 is 17.4 Å². The van der Waals surface area contributed by atoms with Crippen molar-refractivity contribution < 1.29 is 14.7 Å². The number of Topliss-reactive ketones (excluding diaryl/α,β-unsaturated/α-hetero) is 1. The van der Waals surface area contributed by atoms with Crippen LogP contribution in [0.25, 0.3) is 0 Å². The first kappa shape index (κ1) is 18.4. The maximum Gasteiger partial charge on any atom is 0.258 e. The highest BCUT2D eigenvalue weighted by Crippen LogP contribution is 2.24. The van der Waals surface area contributed by atoms with E-state index in [0.717, 1.165) is 5.56 Å². The van der Waals surface area contributed by atoms with E-state index in [1.165, 1.54) is 17.3 Å². The van der Waals surface area contributed by atoms with E-state index in [9.17, 15) is 19.5 Å². The van der Waals surface area contributed by atoms with Crippen LogP contribution in [0.3, 0.4) is 0 Å². The molecule has 1 aromatic carbocycles. The number of aliphatic hydroxyl groups excluding tert-OH is 1. The second kappa shape index (κ2) is 7.46. The number of hydrogen-bond acceptors (Lipinski definition) is 6. The van der Waals surface area contributed by atoms with Crippen LogP contribution in [0.5, 0.6) is 0 Å². The minimum Gasteiger partial charge on any atom is -0.380 e. The van der Waals surface area contributed by atoms with Crippen molar-refractivity contribution in [3.8, 4) is 0 Å². The van der Waals surface area contributed by atoms with E-state index in [0.29, 0.717) is 12.2 Å². The molecule has 1 aliphatic carbocycles. The lowest BCUT2D eigenvalue weighted by Gasteiger charge is -2.29. The number of carbonyl (C=O) groups is 2. The van der Waals surface area contributed by atoms with E-state index in [4.69, 9.17) is 0 Å². The number of nitrogens with one attached hydrogen (secondary N) is 3. The Hall–Kier alpha value is -3.39. The largest absolute Gasteiger partial charge is 0.380 e. The number of anilines is 1. The number of aliphatic hydroxyl groups is 1. The van der Waals surface area contributed by atoms with Crippen LogP contribution in [0.15, 0.2) is 58.9 Å². The number of pyridine rings is 1. The Balaban J connectivity index is 1.84. The number of H-pyrrole nitrogens is 1. The zero-order valence-electron chi connectivity index (χ0n) is 14.9. The zero-order valence-corrected chi connectivity index (χ0v) is 14.9. The normalized spacial score (nSPS) is 16.0. The highest BCUT2D eigenvalue weighted by atomic mass is 16.3. The maximum atomic E-state index is 12.5. The van der Waals surface area contributed by atoms with E-state index in [2.05, 4.69) is 15.6 Å². The Morgan fingerprint density at radius 3 is 2.56 bits per heavy atom. The smallest absolute Gasteiger partial charge is 0.258 e. The van der Waals surface area contributed by atoms with Gasteiger partial charge in [0.2, 0.25) is 11.2 Å². The molecule has 140 valence electrons. The molecule has 0 fully saturated rings. The number of amides is 1. The fraction of sp³-hybridized carbons (Fsp3) is 0.211. The fourth-order valence-electron chi connectivity index (χ4n) is 2.68. The van der Waals surface area contributed by atoms with E-state index in [-0.39, 0.29) is 16.9 Å². The lowest BCUT2D eigenvalue weighted by molar-refractivity contribution is -0.124. The van der Waals surface area contributed by atoms with Gasteiger partial charge in [-0.1, -0.05) is 30.3 Å². The lowest BCUT2D eigenvalue weighted by Crippen LogP contribution is -2.46. The van der Waals surface area contributed by atoms with Gasteiger partial charge in [0.15, 0.2) is 6.10 Å². The first-order valence-electron chi connectivity index (χ1n) is 8.34. The van der Waals surface area contributed by atoms with Crippen molar-refractivity contribution in [3.05, 3.63) is 75.5 Å². The SMILES string of the molecule is CN(C)C(=O)c1c[nH]cc(NC2=C(NCc3ccccc3)C(O)C2=O)c1=O. The van der Waals surface area contributed by atoms with Gasteiger partial charge in [0.25, 0.3) is 5.91 Å². The molecule has 0 aliphatic heterocycles. The number of benzene rings is 1. The van der Waals surface area contributed by atoms with Crippen LogP contribution in [0.2, 0.25) is 0 Å². The molecule has 0 saturated carbocycles. The Labute approximate surface area is 155 Å². The predicted octanol–water partition coefficient (Wildman–Crippen LogP) is 0.434. The Morgan fingerprint density at radius 2 is 1.89 bits per heavy atom. The molecule has 0 saturated heterocycles. The first-order valence-corrected chi connectivity index (χ1v) is 8.34. The number of hydrogen-bond donors (Lipinski definition) is 4. The number of carbonyl (C=O) groups excluding carboxylic acids is 2. The van der Waals surface area contributed by atoms with Crippen LogP contribution in [0.4, 0.5) is 5.69 Å². The average molecular weight is 368 g/mol. The summed E-state index contributed by atoms with van der Waals surface area (Å²) in [5, 5.41) is 15.7. The van der Waals surface area contributed by atoms with Gasteiger partial charge in [0, 0.05) is 33.0 Å². The van der Waals surface area contributed by atoms with Crippen LogP contribution in [0, 0.1) is 0 Å². The molecule has 27 heavy (non-hydrogen) atoms. The Kier molecular flexibility index (Phi) is 5.09. The molecule has 0 bridgehead atoms. The lowest BCUT2D eigenvalue weighted by atomic mass is 9.94. The van der Waals surface area contributed by atoms with Gasteiger partial charge in [-0.2, -0.15) is 0 Å². The summed E-state index contributed by atoms with van der Waals surface area (Å²) in [5.41, 5.74) is 0.878. The van der Waals surface area contributed by atoms with E-state index >= 15 is 0 Å². The molecule has 0 spiro atoms. The second-order valence-electron chi connectivity index (χ2n) is 6.33. The summed E-state index contributed by atoms with van der Waals surface area (Å²) in [6, 6.07) is 9.49. The third-order valence-electron chi connectivity index (χ3n) is 4.20. The van der Waals surface area contributed by atoms with Crippen LogP contribution >= 0.6 is 0 Å². The van der Waals surface area contributed by atoms with Gasteiger partial charge in [-0.3, -0.25) is 14.4 Å². The highest BCUT2D eigenvalue weighted by molar-refractivity contribution is 6.10. The van der Waals surface area contributed by atoms with Crippen molar-refractivity contribution in [2.45, 2.75) is 12.6 Å². The molecule has 4 N–H and O–H groups in total. The van der Waals surface area contributed by atoms with E-state index in [1.54, 1.807) is 14.1 Å². The predicted molar refractivity (Wildman–Crippen MR) is 100 cm³/mol. The van der Waals surface area contributed by atoms with E-state index < -0.39 is 23.2 Å². The molecular formula is C19H20N4O4.